The van der Waals surface area contributed by atoms with Gasteiger partial charge in [-0.05, 0) is 42.5 Å². The topological polar surface area (TPSA) is 83.7 Å². The number of anilines is 1. The van der Waals surface area contributed by atoms with Crippen LogP contribution in [-0.4, -0.2) is 57.3 Å². The van der Waals surface area contributed by atoms with Crippen molar-refractivity contribution in [1.82, 2.24) is 4.31 Å². The number of fused-ring (bicyclic) bond motifs is 1. The number of hydrogen-bond donors (Lipinski definition) is 1. The van der Waals surface area contributed by atoms with Crippen molar-refractivity contribution in [3.8, 4) is 0 Å². The van der Waals surface area contributed by atoms with E-state index in [-0.39, 0.29) is 10.8 Å². The van der Waals surface area contributed by atoms with Gasteiger partial charge in [0.05, 0.1) is 10.9 Å². The zero-order valence-corrected chi connectivity index (χ0v) is 15.3. The molecule has 1 atom stereocenters. The van der Waals surface area contributed by atoms with Crippen LogP contribution in [0.5, 0.6) is 0 Å². The second-order valence-electron chi connectivity index (χ2n) is 5.71. The lowest BCUT2D eigenvalue weighted by atomic mass is 10.1. The summed E-state index contributed by atoms with van der Waals surface area (Å²) < 4.78 is 25.7. The van der Waals surface area contributed by atoms with Crippen LogP contribution in [-0.2, 0) is 21.2 Å². The van der Waals surface area contributed by atoms with Gasteiger partial charge in [0.2, 0.25) is 15.9 Å². The Morgan fingerprint density at radius 2 is 2.13 bits per heavy atom. The largest absolute Gasteiger partial charge is 0.320 e. The lowest BCUT2D eigenvalue weighted by Gasteiger charge is -2.22. The maximum atomic E-state index is 12.5. The maximum absolute atomic E-state index is 12.5. The molecule has 0 bridgehead atoms. The van der Waals surface area contributed by atoms with Gasteiger partial charge in [-0.25, -0.2) is 12.7 Å². The molecule has 2 rings (SSSR count). The molecule has 1 aliphatic rings. The third kappa shape index (κ3) is 3.71. The monoisotopic (exact) mass is 357 g/mol. The van der Waals surface area contributed by atoms with Crippen molar-refractivity contribution in [2.24, 2.45) is 5.73 Å². The molecule has 1 aliphatic heterocycles. The van der Waals surface area contributed by atoms with Crippen LogP contribution < -0.4 is 10.6 Å². The molecule has 0 aromatic heterocycles. The first-order valence-electron chi connectivity index (χ1n) is 7.40. The Balaban J connectivity index is 2.30. The molecule has 0 saturated carbocycles. The molecular formula is C15H23N3O3S2. The molecule has 1 amide bonds. The Kier molecular flexibility index (Phi) is 5.72. The van der Waals surface area contributed by atoms with Gasteiger partial charge in [0.1, 0.15) is 0 Å². The van der Waals surface area contributed by atoms with Crippen molar-refractivity contribution in [2.45, 2.75) is 23.8 Å². The number of hydrogen-bond acceptors (Lipinski definition) is 5. The Hall–Kier alpha value is -1.09. The minimum atomic E-state index is -3.52. The summed E-state index contributed by atoms with van der Waals surface area (Å²) in [5.41, 5.74) is 7.63. The maximum Gasteiger partial charge on any atom is 0.243 e. The lowest BCUT2D eigenvalue weighted by molar-refractivity contribution is -0.119. The predicted molar refractivity (Wildman–Crippen MR) is 94.3 cm³/mol. The quantitative estimate of drug-likeness (QED) is 0.818. The van der Waals surface area contributed by atoms with Gasteiger partial charge in [-0.15, -0.1) is 0 Å². The first kappa shape index (κ1) is 18.3. The van der Waals surface area contributed by atoms with Crippen LogP contribution in [0.4, 0.5) is 5.69 Å². The third-order valence-electron chi connectivity index (χ3n) is 3.95. The highest BCUT2D eigenvalue weighted by Gasteiger charge is 2.30. The Morgan fingerprint density at radius 1 is 1.43 bits per heavy atom. The summed E-state index contributed by atoms with van der Waals surface area (Å²) in [7, 11) is -0.541. The molecule has 0 spiro atoms. The van der Waals surface area contributed by atoms with Crippen LogP contribution in [0.3, 0.4) is 0 Å². The second kappa shape index (κ2) is 7.21. The molecule has 1 aromatic carbocycles. The van der Waals surface area contributed by atoms with E-state index in [1.807, 2.05) is 6.26 Å². The van der Waals surface area contributed by atoms with Gasteiger partial charge >= 0.3 is 0 Å². The normalized spacial score (nSPS) is 15.8. The fraction of sp³-hybridized carbons (Fsp3) is 0.533. The predicted octanol–water partition coefficient (Wildman–Crippen LogP) is 0.906. The van der Waals surface area contributed by atoms with Crippen LogP contribution in [0.25, 0.3) is 0 Å². The summed E-state index contributed by atoms with van der Waals surface area (Å²) in [5, 5.41) is 0. The smallest absolute Gasteiger partial charge is 0.243 e. The molecule has 1 heterocycles. The Morgan fingerprint density at radius 3 is 2.74 bits per heavy atom. The van der Waals surface area contributed by atoms with Gasteiger partial charge in [0.25, 0.3) is 0 Å². The van der Waals surface area contributed by atoms with Crippen LogP contribution in [0.1, 0.15) is 12.0 Å². The molecule has 0 radical (unpaired) electrons. The van der Waals surface area contributed by atoms with Gasteiger partial charge < -0.3 is 10.6 Å². The summed E-state index contributed by atoms with van der Waals surface area (Å²) in [6, 6.07) is 4.40. The van der Waals surface area contributed by atoms with Gasteiger partial charge in [-0.2, -0.15) is 11.8 Å². The van der Waals surface area contributed by atoms with E-state index in [9.17, 15) is 13.2 Å². The number of carbonyl (C=O) groups excluding carboxylic acids is 1. The van der Waals surface area contributed by atoms with Crippen molar-refractivity contribution in [3.63, 3.8) is 0 Å². The summed E-state index contributed by atoms with van der Waals surface area (Å²) in [5.74, 6) is 0.681. The molecule has 23 heavy (non-hydrogen) atoms. The van der Waals surface area contributed by atoms with Crippen molar-refractivity contribution in [2.75, 3.05) is 37.5 Å². The average Bonchev–Trinajstić information content (AvgIpc) is 2.94. The molecular weight excluding hydrogens is 334 g/mol. The van der Waals surface area contributed by atoms with Crippen molar-refractivity contribution in [3.05, 3.63) is 23.8 Å². The first-order valence-corrected chi connectivity index (χ1v) is 10.2. The van der Waals surface area contributed by atoms with Gasteiger partial charge in [0, 0.05) is 26.3 Å². The summed E-state index contributed by atoms with van der Waals surface area (Å²) in [6.45, 7) is 0.548. The summed E-state index contributed by atoms with van der Waals surface area (Å²) in [4.78, 5) is 14.4. The zero-order valence-electron chi connectivity index (χ0n) is 13.7. The van der Waals surface area contributed by atoms with Gasteiger partial charge in [0.15, 0.2) is 0 Å². The highest BCUT2D eigenvalue weighted by molar-refractivity contribution is 7.98. The number of amides is 1. The number of rotatable bonds is 6. The van der Waals surface area contributed by atoms with E-state index in [4.69, 9.17) is 5.73 Å². The minimum Gasteiger partial charge on any atom is -0.320 e. The number of benzene rings is 1. The standard InChI is InChI=1S/C15H23N3O3S2/c1-17(2)23(20,21)12-5-4-11-6-8-18(14(11)10-12)15(19)13(16)7-9-22-3/h4-5,10,13H,6-9,16H2,1-3H3/t13-/m0/s1. The highest BCUT2D eigenvalue weighted by atomic mass is 32.2. The fourth-order valence-electron chi connectivity index (χ4n) is 2.53. The minimum absolute atomic E-state index is 0.141. The van der Waals surface area contributed by atoms with E-state index >= 15 is 0 Å². The van der Waals surface area contributed by atoms with E-state index < -0.39 is 16.1 Å². The highest BCUT2D eigenvalue weighted by Crippen LogP contribution is 2.31. The van der Waals surface area contributed by atoms with Crippen LogP contribution in [0, 0.1) is 0 Å². The van der Waals surface area contributed by atoms with Crippen LogP contribution >= 0.6 is 11.8 Å². The molecule has 0 unspecified atom stereocenters. The molecule has 0 fully saturated rings. The van der Waals surface area contributed by atoms with E-state index in [2.05, 4.69) is 0 Å². The number of thioether (sulfide) groups is 1. The van der Waals surface area contributed by atoms with E-state index in [1.54, 1.807) is 34.9 Å². The van der Waals surface area contributed by atoms with E-state index in [0.717, 1.165) is 17.7 Å². The lowest BCUT2D eigenvalue weighted by Crippen LogP contribution is -2.43. The number of nitrogens with two attached hydrogens (primary N) is 1. The average molecular weight is 358 g/mol. The second-order valence-corrected chi connectivity index (χ2v) is 8.84. The molecule has 1 aromatic rings. The Bertz CT molecular complexity index is 689. The van der Waals surface area contributed by atoms with E-state index in [0.29, 0.717) is 18.7 Å². The van der Waals surface area contributed by atoms with Crippen molar-refractivity contribution in [1.29, 1.82) is 0 Å². The SMILES string of the molecule is CSCC[C@H](N)C(=O)N1CCc2ccc(S(=O)(=O)N(C)C)cc21. The molecule has 2 N–H and O–H groups in total. The van der Waals surface area contributed by atoms with Gasteiger partial charge in [-0.1, -0.05) is 6.07 Å². The number of carbonyl (C=O) groups is 1. The first-order chi connectivity index (χ1) is 10.8. The molecule has 128 valence electrons. The zero-order chi connectivity index (χ0) is 17.2. The molecule has 0 aliphatic carbocycles. The third-order valence-corrected chi connectivity index (χ3v) is 6.40. The van der Waals surface area contributed by atoms with Crippen LogP contribution in [0.15, 0.2) is 23.1 Å². The van der Waals surface area contributed by atoms with Crippen molar-refractivity contribution >= 4 is 33.4 Å². The Labute approximate surface area is 142 Å². The van der Waals surface area contributed by atoms with Crippen LogP contribution in [0.2, 0.25) is 0 Å². The van der Waals surface area contributed by atoms with E-state index in [1.165, 1.54) is 18.4 Å². The fourth-order valence-corrected chi connectivity index (χ4v) is 3.94. The molecule has 6 nitrogen and oxygen atoms in total. The summed E-state index contributed by atoms with van der Waals surface area (Å²) in [6.07, 6.45) is 3.31. The molecule has 0 saturated heterocycles. The van der Waals surface area contributed by atoms with Gasteiger partial charge in [-0.3, -0.25) is 4.79 Å². The molecule has 8 heteroatoms. The number of sulfonamides is 1. The summed E-state index contributed by atoms with van der Waals surface area (Å²) >= 11 is 1.65. The van der Waals surface area contributed by atoms with Crippen molar-refractivity contribution < 1.29 is 13.2 Å². The number of nitrogens with zero attached hydrogens (tertiary/aromatic N) is 2.